The van der Waals surface area contributed by atoms with Crippen LogP contribution in [0.1, 0.15) is 28.8 Å². The zero-order valence-electron chi connectivity index (χ0n) is 13.2. The van der Waals surface area contributed by atoms with Gasteiger partial charge in [0, 0.05) is 19.1 Å². The molecule has 0 spiro atoms. The highest BCUT2D eigenvalue weighted by molar-refractivity contribution is 7.88. The van der Waals surface area contributed by atoms with Crippen LogP contribution in [0.15, 0.2) is 53.3 Å². The monoisotopic (exact) mass is 348 g/mol. The fraction of sp³-hybridized carbons (Fsp3) is 0.353. The predicted molar refractivity (Wildman–Crippen MR) is 89.8 cm³/mol. The van der Waals surface area contributed by atoms with Gasteiger partial charge >= 0.3 is 0 Å². The second-order valence-electron chi connectivity index (χ2n) is 5.94. The number of sulfonamides is 1. The summed E-state index contributed by atoms with van der Waals surface area (Å²) in [5, 5.41) is 0. The number of likely N-dealkylation sites (tertiary alicyclic amines) is 1. The highest BCUT2D eigenvalue weighted by Gasteiger charge is 2.26. The van der Waals surface area contributed by atoms with Gasteiger partial charge in [-0.3, -0.25) is 4.79 Å². The van der Waals surface area contributed by atoms with Crippen LogP contribution in [-0.2, 0) is 15.8 Å². The van der Waals surface area contributed by atoms with Crippen molar-refractivity contribution in [2.75, 3.05) is 13.1 Å². The van der Waals surface area contributed by atoms with Crippen molar-refractivity contribution in [1.82, 2.24) is 9.62 Å². The lowest BCUT2D eigenvalue weighted by molar-refractivity contribution is 0.0710. The Morgan fingerprint density at radius 2 is 1.88 bits per heavy atom. The first-order valence-electron chi connectivity index (χ1n) is 7.89. The third-order valence-electron chi connectivity index (χ3n) is 4.10. The summed E-state index contributed by atoms with van der Waals surface area (Å²) in [7, 11) is -3.38. The van der Waals surface area contributed by atoms with Crippen LogP contribution < -0.4 is 4.72 Å². The van der Waals surface area contributed by atoms with Crippen molar-refractivity contribution >= 4 is 15.9 Å². The number of rotatable bonds is 5. The summed E-state index contributed by atoms with van der Waals surface area (Å²) in [5.41, 5.74) is 1.29. The first kappa shape index (κ1) is 16.7. The van der Waals surface area contributed by atoms with E-state index >= 15 is 0 Å². The number of nitrogens with one attached hydrogen (secondary N) is 1. The average molecular weight is 348 g/mol. The van der Waals surface area contributed by atoms with Crippen LogP contribution in [0.5, 0.6) is 0 Å². The van der Waals surface area contributed by atoms with Crippen molar-refractivity contribution in [1.29, 1.82) is 0 Å². The van der Waals surface area contributed by atoms with Crippen LogP contribution in [0, 0.1) is 0 Å². The Balaban J connectivity index is 1.52. The van der Waals surface area contributed by atoms with E-state index in [4.69, 9.17) is 4.42 Å². The molecule has 1 fully saturated rings. The van der Waals surface area contributed by atoms with Crippen LogP contribution in [0.3, 0.4) is 0 Å². The standard InChI is InChI=1S/C17H20N2O4S/c20-17(15-8-11-23-12-15)19-9-6-16(7-10-19)18-24(21,22)13-14-4-2-1-3-5-14/h1-5,8,11-12,16,18H,6-7,9-10,13H2. The number of furan rings is 1. The van der Waals surface area contributed by atoms with Gasteiger partial charge in [-0.2, -0.15) is 0 Å². The quantitative estimate of drug-likeness (QED) is 0.896. The molecule has 0 saturated carbocycles. The molecule has 6 nitrogen and oxygen atoms in total. The maximum Gasteiger partial charge on any atom is 0.257 e. The van der Waals surface area contributed by atoms with Gasteiger partial charge in [-0.25, -0.2) is 13.1 Å². The first-order valence-corrected chi connectivity index (χ1v) is 9.54. The highest BCUT2D eigenvalue weighted by atomic mass is 32.2. The van der Waals surface area contributed by atoms with Gasteiger partial charge < -0.3 is 9.32 Å². The number of nitrogens with zero attached hydrogens (tertiary/aromatic N) is 1. The Labute approximate surface area is 141 Å². The summed E-state index contributed by atoms with van der Waals surface area (Å²) >= 11 is 0. The molecule has 1 amide bonds. The molecule has 1 saturated heterocycles. The summed E-state index contributed by atoms with van der Waals surface area (Å²) in [4.78, 5) is 14.0. The van der Waals surface area contributed by atoms with E-state index in [9.17, 15) is 13.2 Å². The van der Waals surface area contributed by atoms with Crippen molar-refractivity contribution in [2.24, 2.45) is 0 Å². The van der Waals surface area contributed by atoms with Gasteiger partial charge in [0.25, 0.3) is 5.91 Å². The molecule has 0 aliphatic carbocycles. The Hall–Kier alpha value is -2.12. The molecule has 128 valence electrons. The van der Waals surface area contributed by atoms with Gasteiger partial charge in [-0.05, 0) is 24.5 Å². The second kappa shape index (κ2) is 7.19. The summed E-state index contributed by atoms with van der Waals surface area (Å²) in [5.74, 6) is -0.100. The van der Waals surface area contributed by atoms with Crippen molar-refractivity contribution in [3.63, 3.8) is 0 Å². The molecule has 1 aromatic carbocycles. The lowest BCUT2D eigenvalue weighted by Gasteiger charge is -2.32. The minimum atomic E-state index is -3.38. The van der Waals surface area contributed by atoms with Gasteiger partial charge in [0.2, 0.25) is 10.0 Å². The van der Waals surface area contributed by atoms with Crippen molar-refractivity contribution in [3.8, 4) is 0 Å². The normalized spacial score (nSPS) is 16.2. The minimum Gasteiger partial charge on any atom is -0.472 e. The highest BCUT2D eigenvalue weighted by Crippen LogP contribution is 2.16. The molecule has 1 N–H and O–H groups in total. The zero-order valence-corrected chi connectivity index (χ0v) is 14.0. The largest absolute Gasteiger partial charge is 0.472 e. The lowest BCUT2D eigenvalue weighted by atomic mass is 10.1. The summed E-state index contributed by atoms with van der Waals surface area (Å²) < 4.78 is 32.2. The minimum absolute atomic E-state index is 0.0258. The molecule has 0 unspecified atom stereocenters. The van der Waals surface area contributed by atoms with E-state index in [-0.39, 0.29) is 17.7 Å². The fourth-order valence-corrected chi connectivity index (χ4v) is 4.32. The third kappa shape index (κ3) is 4.24. The summed E-state index contributed by atoms with van der Waals surface area (Å²) in [6, 6.07) is 10.6. The molecular weight excluding hydrogens is 328 g/mol. The van der Waals surface area contributed by atoms with E-state index in [0.29, 0.717) is 31.5 Å². The molecule has 3 rings (SSSR count). The van der Waals surface area contributed by atoms with Gasteiger partial charge in [-0.1, -0.05) is 30.3 Å². The number of benzene rings is 1. The van der Waals surface area contributed by atoms with Gasteiger partial charge in [-0.15, -0.1) is 0 Å². The van der Waals surface area contributed by atoms with Crippen LogP contribution in [-0.4, -0.2) is 38.4 Å². The molecule has 2 heterocycles. The number of hydrogen-bond donors (Lipinski definition) is 1. The van der Waals surface area contributed by atoms with Crippen LogP contribution in [0.25, 0.3) is 0 Å². The van der Waals surface area contributed by atoms with Crippen LogP contribution in [0.4, 0.5) is 0 Å². The molecule has 1 aliphatic heterocycles. The molecule has 1 aliphatic rings. The number of piperidine rings is 1. The van der Waals surface area contributed by atoms with E-state index in [1.165, 1.54) is 12.5 Å². The van der Waals surface area contributed by atoms with Crippen LogP contribution >= 0.6 is 0 Å². The Kier molecular flexibility index (Phi) is 5.01. The smallest absolute Gasteiger partial charge is 0.257 e. The summed E-state index contributed by atoms with van der Waals surface area (Å²) in [6.07, 6.45) is 4.11. The van der Waals surface area contributed by atoms with Gasteiger partial charge in [0.1, 0.15) is 6.26 Å². The SMILES string of the molecule is O=C(c1ccoc1)N1CCC(NS(=O)(=O)Cc2ccccc2)CC1. The first-order chi connectivity index (χ1) is 11.5. The topological polar surface area (TPSA) is 79.6 Å². The van der Waals surface area contributed by atoms with E-state index < -0.39 is 10.0 Å². The van der Waals surface area contributed by atoms with Crippen molar-refractivity contribution in [2.45, 2.75) is 24.6 Å². The molecule has 0 bridgehead atoms. The van der Waals surface area contributed by atoms with E-state index in [1.54, 1.807) is 23.1 Å². The molecule has 1 aromatic heterocycles. The van der Waals surface area contributed by atoms with Crippen molar-refractivity contribution < 1.29 is 17.6 Å². The Bertz CT molecular complexity index is 764. The maximum atomic E-state index is 12.3. The zero-order chi connectivity index (χ0) is 17.0. The van der Waals surface area contributed by atoms with E-state index in [2.05, 4.69) is 4.72 Å². The molecular formula is C17H20N2O4S. The van der Waals surface area contributed by atoms with Gasteiger partial charge in [0.15, 0.2) is 0 Å². The van der Waals surface area contributed by atoms with E-state index in [0.717, 1.165) is 5.56 Å². The molecule has 0 radical (unpaired) electrons. The van der Waals surface area contributed by atoms with Crippen molar-refractivity contribution in [3.05, 3.63) is 60.1 Å². The number of hydrogen-bond acceptors (Lipinski definition) is 4. The third-order valence-corrected chi connectivity index (χ3v) is 5.50. The Morgan fingerprint density at radius 3 is 2.50 bits per heavy atom. The summed E-state index contributed by atoms with van der Waals surface area (Å²) in [6.45, 7) is 1.06. The molecule has 2 aromatic rings. The number of amides is 1. The molecule has 0 atom stereocenters. The average Bonchev–Trinajstić information content (AvgIpc) is 3.09. The Morgan fingerprint density at radius 1 is 1.17 bits per heavy atom. The van der Waals surface area contributed by atoms with E-state index in [1.807, 2.05) is 18.2 Å². The molecule has 7 heteroatoms. The fourth-order valence-electron chi connectivity index (χ4n) is 2.86. The maximum absolute atomic E-state index is 12.3. The molecule has 24 heavy (non-hydrogen) atoms. The number of carbonyl (C=O) groups is 1. The number of carbonyl (C=O) groups excluding carboxylic acids is 1. The van der Waals surface area contributed by atoms with Gasteiger partial charge in [0.05, 0.1) is 17.6 Å². The lowest BCUT2D eigenvalue weighted by Crippen LogP contribution is -2.46. The second-order valence-corrected chi connectivity index (χ2v) is 7.69. The predicted octanol–water partition coefficient (Wildman–Crippen LogP) is 2.00. The van der Waals surface area contributed by atoms with Crippen LogP contribution in [0.2, 0.25) is 0 Å².